The number of nitrogens with zero attached hydrogens (tertiary/aromatic N) is 2. The van der Waals surface area contributed by atoms with Crippen LogP contribution in [0.2, 0.25) is 0 Å². The number of amides is 1. The highest BCUT2D eigenvalue weighted by molar-refractivity contribution is 5.78. The lowest BCUT2D eigenvalue weighted by molar-refractivity contribution is -0.128. The number of ether oxygens (including phenoxy) is 1. The molecule has 6 heteroatoms. The largest absolute Gasteiger partial charge is 0.497 e. The number of aliphatic imine (C=N–C) groups is 1. The zero-order valence-electron chi connectivity index (χ0n) is 16.4. The Morgan fingerprint density at radius 3 is 2.61 bits per heavy atom. The molecule has 0 unspecified atom stereocenters. The minimum absolute atomic E-state index is 0.234. The maximum atomic E-state index is 11.9. The molecule has 148 valence electrons. The van der Waals surface area contributed by atoms with Gasteiger partial charge in [0, 0.05) is 26.1 Å². The van der Waals surface area contributed by atoms with Crippen LogP contribution in [0.3, 0.4) is 0 Å². The third-order valence-corrected chi connectivity index (χ3v) is 4.95. The van der Waals surface area contributed by atoms with Crippen molar-refractivity contribution in [2.24, 2.45) is 10.7 Å². The molecule has 0 bridgehead atoms. The molecule has 1 aliphatic heterocycles. The Hall–Kier alpha value is -3.02. The van der Waals surface area contributed by atoms with Crippen molar-refractivity contribution in [3.05, 3.63) is 65.2 Å². The van der Waals surface area contributed by atoms with E-state index in [0.29, 0.717) is 32.0 Å². The molecule has 1 saturated heterocycles. The SMILES string of the molecule is COc1ccc(CCNC(N)=NCc2ccccc2CN2CCCC2=O)cc1. The first-order valence-corrected chi connectivity index (χ1v) is 9.67. The number of hydrogen-bond donors (Lipinski definition) is 2. The van der Waals surface area contributed by atoms with Crippen molar-refractivity contribution in [3.8, 4) is 5.75 Å². The molecule has 0 spiro atoms. The van der Waals surface area contributed by atoms with E-state index >= 15 is 0 Å². The molecular weight excluding hydrogens is 352 g/mol. The van der Waals surface area contributed by atoms with Crippen LogP contribution in [0, 0.1) is 0 Å². The monoisotopic (exact) mass is 380 g/mol. The fourth-order valence-corrected chi connectivity index (χ4v) is 3.30. The van der Waals surface area contributed by atoms with E-state index in [1.165, 1.54) is 5.56 Å². The maximum absolute atomic E-state index is 11.9. The molecule has 3 rings (SSSR count). The van der Waals surface area contributed by atoms with E-state index in [1.54, 1.807) is 7.11 Å². The van der Waals surface area contributed by atoms with E-state index in [0.717, 1.165) is 36.3 Å². The lowest BCUT2D eigenvalue weighted by Crippen LogP contribution is -2.33. The molecule has 1 amide bonds. The Morgan fingerprint density at radius 1 is 1.18 bits per heavy atom. The topological polar surface area (TPSA) is 80.0 Å². The van der Waals surface area contributed by atoms with Crippen LogP contribution in [0.1, 0.15) is 29.5 Å². The summed E-state index contributed by atoms with van der Waals surface area (Å²) in [7, 11) is 1.66. The normalized spacial score (nSPS) is 14.4. The highest BCUT2D eigenvalue weighted by Crippen LogP contribution is 2.17. The van der Waals surface area contributed by atoms with Crippen molar-refractivity contribution in [2.75, 3.05) is 20.2 Å². The van der Waals surface area contributed by atoms with Gasteiger partial charge in [0.05, 0.1) is 13.7 Å². The van der Waals surface area contributed by atoms with Crippen molar-refractivity contribution in [3.63, 3.8) is 0 Å². The Labute approximate surface area is 166 Å². The quantitative estimate of drug-likeness (QED) is 0.545. The fraction of sp³-hybridized carbons (Fsp3) is 0.364. The molecule has 0 aromatic heterocycles. The molecule has 2 aromatic rings. The van der Waals surface area contributed by atoms with Gasteiger partial charge in [0.1, 0.15) is 5.75 Å². The molecular formula is C22H28N4O2. The van der Waals surface area contributed by atoms with Crippen LogP contribution in [-0.4, -0.2) is 37.0 Å². The second-order valence-electron chi connectivity index (χ2n) is 6.91. The number of likely N-dealkylation sites (tertiary alicyclic amines) is 1. The summed E-state index contributed by atoms with van der Waals surface area (Å²) in [5.74, 6) is 1.52. The zero-order valence-corrected chi connectivity index (χ0v) is 16.4. The number of nitrogens with two attached hydrogens (primary N) is 1. The third kappa shape index (κ3) is 5.49. The van der Waals surface area contributed by atoms with Crippen LogP contribution in [0.25, 0.3) is 0 Å². The van der Waals surface area contributed by atoms with E-state index in [-0.39, 0.29) is 5.91 Å². The standard InChI is InChI=1S/C22H28N4O2/c1-28-20-10-8-17(9-11-20)12-13-24-22(23)25-15-18-5-2-3-6-19(18)16-26-14-4-7-21(26)27/h2-3,5-6,8-11H,4,7,12-16H2,1H3,(H3,23,24,25). The van der Waals surface area contributed by atoms with Crippen LogP contribution in [0.5, 0.6) is 5.75 Å². The molecule has 0 atom stereocenters. The molecule has 2 aromatic carbocycles. The Morgan fingerprint density at radius 2 is 1.93 bits per heavy atom. The summed E-state index contributed by atoms with van der Waals surface area (Å²) >= 11 is 0. The van der Waals surface area contributed by atoms with E-state index < -0.39 is 0 Å². The van der Waals surface area contributed by atoms with Crippen molar-refractivity contribution in [2.45, 2.75) is 32.4 Å². The van der Waals surface area contributed by atoms with E-state index in [9.17, 15) is 4.79 Å². The van der Waals surface area contributed by atoms with Gasteiger partial charge in [-0.05, 0) is 41.7 Å². The van der Waals surface area contributed by atoms with Gasteiger partial charge in [-0.15, -0.1) is 0 Å². The second-order valence-corrected chi connectivity index (χ2v) is 6.91. The molecule has 1 heterocycles. The Bertz CT molecular complexity index is 818. The summed E-state index contributed by atoms with van der Waals surface area (Å²) in [5, 5.41) is 3.16. The molecule has 28 heavy (non-hydrogen) atoms. The zero-order chi connectivity index (χ0) is 19.8. The number of methoxy groups -OCH3 is 1. The number of hydrogen-bond acceptors (Lipinski definition) is 3. The summed E-state index contributed by atoms with van der Waals surface area (Å²) in [6.07, 6.45) is 2.46. The minimum Gasteiger partial charge on any atom is -0.497 e. The first kappa shape index (κ1) is 19.7. The van der Waals surface area contributed by atoms with Crippen molar-refractivity contribution in [1.82, 2.24) is 10.2 Å². The summed E-state index contributed by atoms with van der Waals surface area (Å²) < 4.78 is 5.17. The van der Waals surface area contributed by atoms with Gasteiger partial charge in [-0.2, -0.15) is 0 Å². The molecule has 0 saturated carbocycles. The molecule has 0 radical (unpaired) electrons. The van der Waals surface area contributed by atoms with Gasteiger partial charge >= 0.3 is 0 Å². The number of nitrogens with one attached hydrogen (secondary N) is 1. The van der Waals surface area contributed by atoms with Crippen LogP contribution in [-0.2, 0) is 24.3 Å². The van der Waals surface area contributed by atoms with E-state index in [2.05, 4.69) is 16.4 Å². The van der Waals surface area contributed by atoms with Gasteiger partial charge in [0.15, 0.2) is 5.96 Å². The predicted octanol–water partition coefficient (Wildman–Crippen LogP) is 2.46. The van der Waals surface area contributed by atoms with Crippen LogP contribution >= 0.6 is 0 Å². The van der Waals surface area contributed by atoms with E-state index in [4.69, 9.17) is 10.5 Å². The van der Waals surface area contributed by atoms with Gasteiger partial charge < -0.3 is 20.7 Å². The maximum Gasteiger partial charge on any atom is 0.222 e. The van der Waals surface area contributed by atoms with E-state index in [1.807, 2.05) is 47.4 Å². The first-order valence-electron chi connectivity index (χ1n) is 9.67. The smallest absolute Gasteiger partial charge is 0.222 e. The first-order chi connectivity index (χ1) is 13.7. The fourth-order valence-electron chi connectivity index (χ4n) is 3.30. The molecule has 1 aliphatic rings. The van der Waals surface area contributed by atoms with Crippen LogP contribution < -0.4 is 15.8 Å². The summed E-state index contributed by atoms with van der Waals surface area (Å²) in [5.41, 5.74) is 9.46. The van der Waals surface area contributed by atoms with Crippen molar-refractivity contribution in [1.29, 1.82) is 0 Å². The van der Waals surface area contributed by atoms with Gasteiger partial charge in [-0.3, -0.25) is 4.79 Å². The summed E-state index contributed by atoms with van der Waals surface area (Å²) in [6, 6.07) is 16.1. The number of carbonyl (C=O) groups excluding carboxylic acids is 1. The predicted molar refractivity (Wildman–Crippen MR) is 111 cm³/mol. The molecule has 0 aliphatic carbocycles. The Balaban J connectivity index is 1.50. The second kappa shape index (κ2) is 9.78. The lowest BCUT2D eigenvalue weighted by Gasteiger charge is -2.17. The molecule has 1 fully saturated rings. The van der Waals surface area contributed by atoms with Crippen LogP contribution in [0.15, 0.2) is 53.5 Å². The summed E-state index contributed by atoms with van der Waals surface area (Å²) in [6.45, 7) is 2.70. The number of benzene rings is 2. The summed E-state index contributed by atoms with van der Waals surface area (Å²) in [4.78, 5) is 18.3. The molecule has 6 nitrogen and oxygen atoms in total. The van der Waals surface area contributed by atoms with Gasteiger partial charge in [-0.1, -0.05) is 36.4 Å². The van der Waals surface area contributed by atoms with Gasteiger partial charge in [-0.25, -0.2) is 4.99 Å². The highest BCUT2D eigenvalue weighted by Gasteiger charge is 2.20. The average molecular weight is 380 g/mol. The van der Waals surface area contributed by atoms with Gasteiger partial charge in [0.25, 0.3) is 0 Å². The minimum atomic E-state index is 0.234. The average Bonchev–Trinajstić information content (AvgIpc) is 3.12. The molecule has 3 N–H and O–H groups in total. The number of guanidine groups is 1. The number of rotatable bonds is 8. The van der Waals surface area contributed by atoms with Crippen molar-refractivity contribution >= 4 is 11.9 Å². The Kier molecular flexibility index (Phi) is 6.89. The van der Waals surface area contributed by atoms with Crippen LogP contribution in [0.4, 0.5) is 0 Å². The lowest BCUT2D eigenvalue weighted by atomic mass is 10.1. The number of carbonyl (C=O) groups is 1. The third-order valence-electron chi connectivity index (χ3n) is 4.95. The van der Waals surface area contributed by atoms with Gasteiger partial charge in [0.2, 0.25) is 5.91 Å². The highest BCUT2D eigenvalue weighted by atomic mass is 16.5. The van der Waals surface area contributed by atoms with Crippen molar-refractivity contribution < 1.29 is 9.53 Å².